The first-order valence-electron chi connectivity index (χ1n) is 5.82. The van der Waals surface area contributed by atoms with Gasteiger partial charge in [0, 0.05) is 19.1 Å². The van der Waals surface area contributed by atoms with Crippen LogP contribution in [-0.2, 0) is 13.0 Å². The van der Waals surface area contributed by atoms with Crippen molar-refractivity contribution in [1.82, 2.24) is 4.90 Å². The van der Waals surface area contributed by atoms with Gasteiger partial charge in [0.05, 0.1) is 6.10 Å². The van der Waals surface area contributed by atoms with E-state index >= 15 is 0 Å². The molecule has 0 radical (unpaired) electrons. The number of nitrogens with two attached hydrogens (primary N) is 1. The Balaban J connectivity index is 2.39. The van der Waals surface area contributed by atoms with Crippen LogP contribution in [0.25, 0.3) is 0 Å². The molecule has 1 aromatic carbocycles. The highest BCUT2D eigenvalue weighted by Gasteiger charge is 2.21. The molecule has 0 fully saturated rings. The summed E-state index contributed by atoms with van der Waals surface area (Å²) in [5.74, 6) is 0. The average Bonchev–Trinajstić information content (AvgIpc) is 2.27. The quantitative estimate of drug-likeness (QED) is 0.783. The molecule has 0 amide bonds. The molecule has 0 aromatic heterocycles. The summed E-state index contributed by atoms with van der Waals surface area (Å²) in [5, 5.41) is 10.1. The number of hydrogen-bond acceptors (Lipinski definition) is 3. The van der Waals surface area contributed by atoms with E-state index < -0.39 is 6.10 Å². The first kappa shape index (κ1) is 11.6. The Labute approximate surface area is 96.9 Å². The molecule has 1 aliphatic rings. The van der Waals surface area contributed by atoms with E-state index in [1.54, 1.807) is 0 Å². The van der Waals surface area contributed by atoms with Crippen LogP contribution < -0.4 is 5.73 Å². The Kier molecular flexibility index (Phi) is 3.28. The summed E-state index contributed by atoms with van der Waals surface area (Å²) in [4.78, 5) is 2.28. The standard InChI is InChI=1S/C13H20N2O/c1-9(14)13(16)11-5-3-4-10-6-7-15(2)8-12(10)11/h3-5,9,13,16H,6-8,14H2,1-2H3. The largest absolute Gasteiger partial charge is 0.387 e. The van der Waals surface area contributed by atoms with E-state index in [0.717, 1.165) is 25.1 Å². The summed E-state index contributed by atoms with van der Waals surface area (Å²) in [7, 11) is 2.11. The van der Waals surface area contributed by atoms with Crippen molar-refractivity contribution in [1.29, 1.82) is 0 Å². The van der Waals surface area contributed by atoms with Crippen LogP contribution in [0, 0.1) is 0 Å². The van der Waals surface area contributed by atoms with Gasteiger partial charge in [-0.1, -0.05) is 18.2 Å². The third-order valence-corrected chi connectivity index (χ3v) is 3.32. The number of aliphatic hydroxyl groups is 1. The van der Waals surface area contributed by atoms with Gasteiger partial charge in [0.1, 0.15) is 0 Å². The molecular formula is C13H20N2O. The zero-order valence-corrected chi connectivity index (χ0v) is 9.98. The molecule has 2 rings (SSSR count). The maximum atomic E-state index is 10.1. The van der Waals surface area contributed by atoms with Gasteiger partial charge in [0.25, 0.3) is 0 Å². The van der Waals surface area contributed by atoms with Crippen LogP contribution in [-0.4, -0.2) is 29.6 Å². The Morgan fingerprint density at radius 3 is 2.88 bits per heavy atom. The van der Waals surface area contributed by atoms with Crippen molar-refractivity contribution in [2.45, 2.75) is 32.0 Å². The van der Waals surface area contributed by atoms with Crippen molar-refractivity contribution in [3.8, 4) is 0 Å². The van der Waals surface area contributed by atoms with Gasteiger partial charge in [0.2, 0.25) is 0 Å². The van der Waals surface area contributed by atoms with E-state index in [1.165, 1.54) is 11.1 Å². The average molecular weight is 220 g/mol. The molecule has 1 heterocycles. The fraction of sp³-hybridized carbons (Fsp3) is 0.538. The fourth-order valence-electron chi connectivity index (χ4n) is 2.30. The topological polar surface area (TPSA) is 49.5 Å². The molecule has 88 valence electrons. The van der Waals surface area contributed by atoms with Gasteiger partial charge >= 0.3 is 0 Å². The first-order chi connectivity index (χ1) is 7.59. The molecule has 0 saturated heterocycles. The molecule has 0 saturated carbocycles. The maximum Gasteiger partial charge on any atom is 0.0941 e. The molecule has 1 aliphatic heterocycles. The minimum atomic E-state index is -0.554. The molecule has 0 spiro atoms. The second-order valence-corrected chi connectivity index (χ2v) is 4.78. The van der Waals surface area contributed by atoms with E-state index in [2.05, 4.69) is 18.0 Å². The van der Waals surface area contributed by atoms with Crippen molar-refractivity contribution in [2.75, 3.05) is 13.6 Å². The van der Waals surface area contributed by atoms with Crippen molar-refractivity contribution >= 4 is 0 Å². The molecule has 0 aliphatic carbocycles. The second kappa shape index (κ2) is 4.53. The Hall–Kier alpha value is -0.900. The molecule has 16 heavy (non-hydrogen) atoms. The van der Waals surface area contributed by atoms with Gasteiger partial charge in [-0.2, -0.15) is 0 Å². The predicted molar refractivity (Wildman–Crippen MR) is 65.1 cm³/mol. The van der Waals surface area contributed by atoms with Crippen molar-refractivity contribution in [2.24, 2.45) is 5.73 Å². The zero-order valence-electron chi connectivity index (χ0n) is 9.98. The molecule has 3 nitrogen and oxygen atoms in total. The highest BCUT2D eigenvalue weighted by molar-refractivity contribution is 5.38. The molecule has 2 unspecified atom stereocenters. The summed E-state index contributed by atoms with van der Waals surface area (Å²) >= 11 is 0. The lowest BCUT2D eigenvalue weighted by molar-refractivity contribution is 0.150. The van der Waals surface area contributed by atoms with Gasteiger partial charge in [-0.15, -0.1) is 0 Å². The summed E-state index contributed by atoms with van der Waals surface area (Å²) in [6.45, 7) is 3.84. The molecule has 0 bridgehead atoms. The summed E-state index contributed by atoms with van der Waals surface area (Å²) in [6, 6.07) is 5.94. The van der Waals surface area contributed by atoms with E-state index in [0.29, 0.717) is 0 Å². The van der Waals surface area contributed by atoms with E-state index in [9.17, 15) is 5.11 Å². The summed E-state index contributed by atoms with van der Waals surface area (Å²) < 4.78 is 0. The number of rotatable bonds is 2. The van der Waals surface area contributed by atoms with E-state index in [1.807, 2.05) is 19.1 Å². The minimum Gasteiger partial charge on any atom is -0.387 e. The van der Waals surface area contributed by atoms with Gasteiger partial charge in [-0.05, 0) is 37.1 Å². The van der Waals surface area contributed by atoms with Crippen LogP contribution in [0.3, 0.4) is 0 Å². The second-order valence-electron chi connectivity index (χ2n) is 4.78. The fourth-order valence-corrected chi connectivity index (χ4v) is 2.30. The SMILES string of the molecule is CC(N)C(O)c1cccc2c1CN(C)CC2. The summed E-state index contributed by atoms with van der Waals surface area (Å²) in [6.07, 6.45) is 0.507. The lowest BCUT2D eigenvalue weighted by atomic mass is 9.90. The normalized spacial score (nSPS) is 20.2. The van der Waals surface area contributed by atoms with Crippen molar-refractivity contribution in [3.05, 3.63) is 34.9 Å². The lowest BCUT2D eigenvalue weighted by Crippen LogP contribution is -2.30. The van der Waals surface area contributed by atoms with Crippen molar-refractivity contribution < 1.29 is 5.11 Å². The monoisotopic (exact) mass is 220 g/mol. The zero-order chi connectivity index (χ0) is 11.7. The van der Waals surface area contributed by atoms with Crippen LogP contribution in [0.4, 0.5) is 0 Å². The number of nitrogens with zero attached hydrogens (tertiary/aromatic N) is 1. The van der Waals surface area contributed by atoms with Crippen LogP contribution in [0.15, 0.2) is 18.2 Å². The van der Waals surface area contributed by atoms with E-state index in [4.69, 9.17) is 5.73 Å². The number of hydrogen-bond donors (Lipinski definition) is 2. The number of likely N-dealkylation sites (N-methyl/N-ethyl adjacent to an activating group) is 1. The minimum absolute atomic E-state index is 0.223. The van der Waals surface area contributed by atoms with Gasteiger partial charge in [-0.25, -0.2) is 0 Å². The predicted octanol–water partition coefficient (Wildman–Crippen LogP) is 1.06. The van der Waals surface area contributed by atoms with Crippen molar-refractivity contribution in [3.63, 3.8) is 0 Å². The van der Waals surface area contributed by atoms with Gasteiger partial charge < -0.3 is 15.7 Å². The van der Waals surface area contributed by atoms with Crippen LogP contribution in [0.1, 0.15) is 29.7 Å². The first-order valence-corrected chi connectivity index (χ1v) is 5.82. The molecule has 2 atom stereocenters. The van der Waals surface area contributed by atoms with Crippen LogP contribution in [0.2, 0.25) is 0 Å². The molecule has 1 aromatic rings. The third-order valence-electron chi connectivity index (χ3n) is 3.32. The van der Waals surface area contributed by atoms with Crippen LogP contribution >= 0.6 is 0 Å². The van der Waals surface area contributed by atoms with E-state index in [-0.39, 0.29) is 6.04 Å². The highest BCUT2D eigenvalue weighted by Crippen LogP contribution is 2.27. The number of benzene rings is 1. The van der Waals surface area contributed by atoms with Gasteiger partial charge in [-0.3, -0.25) is 0 Å². The van der Waals surface area contributed by atoms with Gasteiger partial charge in [0.15, 0.2) is 0 Å². The third kappa shape index (κ3) is 2.12. The molecular weight excluding hydrogens is 200 g/mol. The Morgan fingerprint density at radius 1 is 1.44 bits per heavy atom. The maximum absolute atomic E-state index is 10.1. The Bertz CT molecular complexity index is 376. The summed E-state index contributed by atoms with van der Waals surface area (Å²) in [5.41, 5.74) is 9.39. The number of aliphatic hydroxyl groups excluding tert-OH is 1. The van der Waals surface area contributed by atoms with Crippen LogP contribution in [0.5, 0.6) is 0 Å². The lowest BCUT2D eigenvalue weighted by Gasteiger charge is -2.29. The molecule has 3 N–H and O–H groups in total. The highest BCUT2D eigenvalue weighted by atomic mass is 16.3. The number of fused-ring (bicyclic) bond motifs is 1. The molecule has 3 heteroatoms. The Morgan fingerprint density at radius 2 is 2.19 bits per heavy atom. The smallest absolute Gasteiger partial charge is 0.0941 e.